The van der Waals surface area contributed by atoms with Crippen LogP contribution in [0.4, 0.5) is 0 Å². The Labute approximate surface area is 221 Å². The van der Waals surface area contributed by atoms with E-state index < -0.39 is 36.3 Å². The van der Waals surface area contributed by atoms with Crippen molar-refractivity contribution in [1.29, 1.82) is 0 Å². The number of hydrogen-bond donors (Lipinski definition) is 4. The fraction of sp³-hybridized carbons (Fsp3) is 0.571. The van der Waals surface area contributed by atoms with Crippen molar-refractivity contribution in [3.63, 3.8) is 0 Å². The highest BCUT2D eigenvalue weighted by Gasteiger charge is 2.49. The number of aliphatic hydroxyl groups is 1. The number of aromatic nitrogens is 1. The van der Waals surface area contributed by atoms with Crippen LogP contribution in [-0.2, 0) is 14.4 Å². The predicted molar refractivity (Wildman–Crippen MR) is 139 cm³/mol. The Morgan fingerprint density at radius 1 is 1.18 bits per heavy atom. The van der Waals surface area contributed by atoms with Crippen LogP contribution in [0, 0.1) is 17.8 Å². The van der Waals surface area contributed by atoms with Crippen LogP contribution in [-0.4, -0.2) is 77.4 Å². The molecular formula is C28H36N4O6. The molecule has 3 fully saturated rings. The molecule has 0 bridgehead atoms. The maximum atomic E-state index is 13.8. The van der Waals surface area contributed by atoms with Gasteiger partial charge in [-0.15, -0.1) is 0 Å². The smallest absolute Gasteiger partial charge is 0.271 e. The summed E-state index contributed by atoms with van der Waals surface area (Å²) in [5.74, 6) is -0.892. The van der Waals surface area contributed by atoms with E-state index in [1.807, 2.05) is 18.2 Å². The first-order valence-corrected chi connectivity index (χ1v) is 13.6. The number of nitrogens with one attached hydrogen (secondary N) is 3. The summed E-state index contributed by atoms with van der Waals surface area (Å²) in [6.07, 6.45) is 5.37. The third kappa shape index (κ3) is 5.01. The number of amides is 3. The van der Waals surface area contributed by atoms with Gasteiger partial charge in [0.15, 0.2) is 5.78 Å². The molecule has 3 heterocycles. The van der Waals surface area contributed by atoms with Crippen molar-refractivity contribution in [3.8, 4) is 5.75 Å². The Hall–Kier alpha value is -3.40. The average molecular weight is 525 g/mol. The van der Waals surface area contributed by atoms with E-state index in [0.717, 1.165) is 43.0 Å². The second kappa shape index (κ2) is 11.1. The molecule has 3 amide bonds. The standard InChI is InChI=1S/C28H36N4O6/c1-38-24-10-4-9-20-19(24)13-22(30-20)28(37)32-14-17-6-2-3-8-18(17)25(32)27(36)31-21(23(34)15-33)12-16-7-5-11-29-26(16)35/h4,9-10,13,16-18,21,25,30,33H,2-3,5-8,11-12,14-15H2,1H3,(H,29,35)(H,31,36). The minimum absolute atomic E-state index is 0.00512. The van der Waals surface area contributed by atoms with E-state index in [2.05, 4.69) is 15.6 Å². The molecule has 1 saturated carbocycles. The van der Waals surface area contributed by atoms with Gasteiger partial charge < -0.3 is 30.4 Å². The van der Waals surface area contributed by atoms with Crippen LogP contribution in [0.5, 0.6) is 5.75 Å². The van der Waals surface area contributed by atoms with Gasteiger partial charge in [0, 0.05) is 29.9 Å². The fourth-order valence-corrected chi connectivity index (χ4v) is 6.58. The van der Waals surface area contributed by atoms with E-state index in [9.17, 15) is 24.3 Å². The van der Waals surface area contributed by atoms with Crippen LogP contribution >= 0.6 is 0 Å². The lowest BCUT2D eigenvalue weighted by Gasteiger charge is -2.31. The number of carbonyl (C=O) groups excluding carboxylic acids is 4. The molecular weight excluding hydrogens is 488 g/mol. The molecule has 10 heteroatoms. The van der Waals surface area contributed by atoms with Gasteiger partial charge in [-0.3, -0.25) is 19.2 Å². The van der Waals surface area contributed by atoms with Crippen LogP contribution in [0.2, 0.25) is 0 Å². The second-order valence-corrected chi connectivity index (χ2v) is 10.8. The van der Waals surface area contributed by atoms with E-state index in [0.29, 0.717) is 31.0 Å². The third-order valence-electron chi connectivity index (χ3n) is 8.52. The van der Waals surface area contributed by atoms with Gasteiger partial charge in [-0.25, -0.2) is 0 Å². The number of piperidine rings is 1. The molecule has 204 valence electrons. The summed E-state index contributed by atoms with van der Waals surface area (Å²) in [5, 5.41) is 16.0. The molecule has 5 rings (SSSR count). The zero-order chi connectivity index (χ0) is 26.8. The van der Waals surface area contributed by atoms with E-state index in [4.69, 9.17) is 4.74 Å². The molecule has 4 N–H and O–H groups in total. The number of aromatic amines is 1. The van der Waals surface area contributed by atoms with E-state index in [1.54, 1.807) is 18.1 Å². The van der Waals surface area contributed by atoms with Gasteiger partial charge >= 0.3 is 0 Å². The molecule has 1 aromatic heterocycles. The quantitative estimate of drug-likeness (QED) is 0.415. The number of methoxy groups -OCH3 is 1. The lowest BCUT2D eigenvalue weighted by Crippen LogP contribution is -2.54. The van der Waals surface area contributed by atoms with Gasteiger partial charge in [-0.1, -0.05) is 18.9 Å². The summed E-state index contributed by atoms with van der Waals surface area (Å²) in [6.45, 7) is 0.343. The zero-order valence-corrected chi connectivity index (χ0v) is 21.7. The second-order valence-electron chi connectivity index (χ2n) is 10.8. The van der Waals surface area contributed by atoms with E-state index >= 15 is 0 Å². The summed E-state index contributed by atoms with van der Waals surface area (Å²) < 4.78 is 5.44. The van der Waals surface area contributed by atoms with Crippen molar-refractivity contribution in [2.24, 2.45) is 17.8 Å². The number of ether oxygens (including phenoxy) is 1. The van der Waals surface area contributed by atoms with Crippen molar-refractivity contribution in [1.82, 2.24) is 20.5 Å². The number of fused-ring (bicyclic) bond motifs is 2. The Balaban J connectivity index is 1.40. The van der Waals surface area contributed by atoms with Gasteiger partial charge in [0.1, 0.15) is 24.1 Å². The average Bonchev–Trinajstić information content (AvgIpc) is 3.55. The summed E-state index contributed by atoms with van der Waals surface area (Å²) in [4.78, 5) is 57.4. The highest BCUT2D eigenvalue weighted by atomic mass is 16.5. The van der Waals surface area contributed by atoms with Crippen LogP contribution in [0.1, 0.15) is 55.4 Å². The molecule has 38 heavy (non-hydrogen) atoms. The monoisotopic (exact) mass is 524 g/mol. The molecule has 5 unspecified atom stereocenters. The first kappa shape index (κ1) is 26.2. The molecule has 10 nitrogen and oxygen atoms in total. The van der Waals surface area contributed by atoms with Crippen molar-refractivity contribution < 1.29 is 29.0 Å². The Morgan fingerprint density at radius 2 is 2.00 bits per heavy atom. The summed E-state index contributed by atoms with van der Waals surface area (Å²) >= 11 is 0. The van der Waals surface area contributed by atoms with Crippen molar-refractivity contribution in [2.75, 3.05) is 26.8 Å². The summed E-state index contributed by atoms with van der Waals surface area (Å²) in [6, 6.07) is 5.59. The number of ketones is 1. The van der Waals surface area contributed by atoms with Crippen LogP contribution in [0.3, 0.4) is 0 Å². The maximum Gasteiger partial charge on any atom is 0.271 e. The van der Waals surface area contributed by atoms with Gasteiger partial charge in [0.25, 0.3) is 5.91 Å². The molecule has 2 aromatic rings. The van der Waals surface area contributed by atoms with Crippen molar-refractivity contribution >= 4 is 34.4 Å². The lowest BCUT2D eigenvalue weighted by atomic mass is 9.78. The van der Waals surface area contributed by atoms with E-state index in [-0.39, 0.29) is 30.1 Å². The van der Waals surface area contributed by atoms with Gasteiger partial charge in [-0.2, -0.15) is 0 Å². The number of nitrogens with zero attached hydrogens (tertiary/aromatic N) is 1. The van der Waals surface area contributed by atoms with Gasteiger partial charge in [-0.05, 0) is 62.1 Å². The van der Waals surface area contributed by atoms with Crippen molar-refractivity contribution in [2.45, 2.75) is 57.0 Å². The number of rotatable bonds is 8. The van der Waals surface area contributed by atoms with Gasteiger partial charge in [0.05, 0.1) is 13.2 Å². The molecule has 1 aromatic carbocycles. The number of aliphatic hydroxyl groups excluding tert-OH is 1. The number of likely N-dealkylation sites (tertiary alicyclic amines) is 1. The minimum atomic E-state index is -0.988. The predicted octanol–water partition coefficient (Wildman–Crippen LogP) is 1.77. The molecule has 0 radical (unpaired) electrons. The number of benzene rings is 1. The van der Waals surface area contributed by atoms with Crippen LogP contribution < -0.4 is 15.4 Å². The third-order valence-corrected chi connectivity index (χ3v) is 8.52. The Bertz CT molecular complexity index is 1230. The number of H-pyrrole nitrogens is 1. The SMILES string of the molecule is COc1cccc2[nH]c(C(=O)N3CC4CCCCC4C3C(=O)NC(CC3CCCNC3=O)C(=O)CO)cc12. The first-order chi connectivity index (χ1) is 18.4. The minimum Gasteiger partial charge on any atom is -0.496 e. The van der Waals surface area contributed by atoms with Crippen LogP contribution in [0.25, 0.3) is 10.9 Å². The molecule has 2 aliphatic heterocycles. The van der Waals surface area contributed by atoms with Crippen molar-refractivity contribution in [3.05, 3.63) is 30.0 Å². The molecule has 5 atom stereocenters. The topological polar surface area (TPSA) is 141 Å². The summed E-state index contributed by atoms with van der Waals surface area (Å²) in [5.41, 5.74) is 1.15. The molecule has 2 saturated heterocycles. The largest absolute Gasteiger partial charge is 0.496 e. The molecule has 0 spiro atoms. The first-order valence-electron chi connectivity index (χ1n) is 13.6. The van der Waals surface area contributed by atoms with E-state index in [1.165, 1.54) is 0 Å². The Kier molecular flexibility index (Phi) is 7.69. The normalized spacial score (nSPS) is 25.9. The Morgan fingerprint density at radius 3 is 2.76 bits per heavy atom. The van der Waals surface area contributed by atoms with Gasteiger partial charge in [0.2, 0.25) is 11.8 Å². The van der Waals surface area contributed by atoms with Crippen LogP contribution in [0.15, 0.2) is 24.3 Å². The summed E-state index contributed by atoms with van der Waals surface area (Å²) in [7, 11) is 1.58. The molecule has 1 aliphatic carbocycles. The maximum absolute atomic E-state index is 13.8. The fourth-order valence-electron chi connectivity index (χ4n) is 6.58. The zero-order valence-electron chi connectivity index (χ0n) is 21.7. The highest BCUT2D eigenvalue weighted by Crippen LogP contribution is 2.41. The molecule has 3 aliphatic rings. The highest BCUT2D eigenvalue weighted by molar-refractivity contribution is 6.02. The number of Topliss-reactive ketones (excluding diaryl/α,β-unsaturated/α-hetero) is 1. The lowest BCUT2D eigenvalue weighted by molar-refractivity contribution is -0.134. The number of carbonyl (C=O) groups is 4. The number of hydrogen-bond acceptors (Lipinski definition) is 6.